The number of piperazine rings is 1. The molecular weight excluding hydrogens is 562 g/mol. The summed E-state index contributed by atoms with van der Waals surface area (Å²) in [7, 11) is 0. The number of phenolic OH excluding ortho intramolecular Hbond substituents is 1. The van der Waals surface area contributed by atoms with Crippen LogP contribution < -0.4 is 15.0 Å². The van der Waals surface area contributed by atoms with Crippen molar-refractivity contribution in [3.8, 4) is 35.4 Å². The number of alkyl halides is 2. The molecule has 3 saturated heterocycles. The van der Waals surface area contributed by atoms with Crippen molar-refractivity contribution in [3.63, 3.8) is 0 Å². The minimum absolute atomic E-state index is 0.0234. The lowest BCUT2D eigenvalue weighted by atomic mass is 9.94. The van der Waals surface area contributed by atoms with Crippen LogP contribution in [0.2, 0.25) is 0 Å². The van der Waals surface area contributed by atoms with Gasteiger partial charge in [0.15, 0.2) is 0 Å². The minimum Gasteiger partial charge on any atom is -0.508 e. The average Bonchev–Trinajstić information content (AvgIpc) is 3.57. The fourth-order valence-electron chi connectivity index (χ4n) is 7.43. The van der Waals surface area contributed by atoms with E-state index in [-0.39, 0.29) is 35.5 Å². The molecule has 0 saturated carbocycles. The van der Waals surface area contributed by atoms with Gasteiger partial charge in [-0.3, -0.25) is 9.88 Å². The smallest absolute Gasteiger partial charge is 0.319 e. The van der Waals surface area contributed by atoms with E-state index in [4.69, 9.17) is 26.1 Å². The Hall–Kier alpha value is -4.07. The first-order chi connectivity index (χ1) is 21.4. The number of hydrogen-bond acceptors (Lipinski definition) is 8. The molecule has 0 radical (unpaired) electrons. The Balaban J connectivity index is 1.39. The van der Waals surface area contributed by atoms with Crippen molar-refractivity contribution >= 4 is 27.5 Å². The topological polar surface area (TPSA) is 86.6 Å². The van der Waals surface area contributed by atoms with Crippen LogP contribution in [0.15, 0.2) is 36.5 Å². The summed E-state index contributed by atoms with van der Waals surface area (Å²) in [6.45, 7) is 5.03. The Kier molecular flexibility index (Phi) is 7.47. The van der Waals surface area contributed by atoms with Gasteiger partial charge in [0.05, 0.1) is 22.1 Å². The number of aromatic nitrogens is 3. The van der Waals surface area contributed by atoms with Gasteiger partial charge >= 0.3 is 6.01 Å². The third kappa shape index (κ3) is 4.88. The van der Waals surface area contributed by atoms with Crippen LogP contribution in [0.4, 0.5) is 14.6 Å². The first-order valence-electron chi connectivity index (χ1n) is 15.4. The number of nitrogens with one attached hydrogen (secondary N) is 1. The van der Waals surface area contributed by atoms with Crippen molar-refractivity contribution in [1.29, 1.82) is 0 Å². The Morgan fingerprint density at radius 1 is 1.23 bits per heavy atom. The highest BCUT2D eigenvalue weighted by atomic mass is 19.1. The van der Waals surface area contributed by atoms with Gasteiger partial charge < -0.3 is 20.1 Å². The Morgan fingerprint density at radius 3 is 2.93 bits per heavy atom. The number of anilines is 1. The Bertz CT molecular complexity index is 1780. The average molecular weight is 599 g/mol. The molecule has 2 aromatic heterocycles. The first kappa shape index (κ1) is 28.7. The number of benzene rings is 2. The highest BCUT2D eigenvalue weighted by Crippen LogP contribution is 2.42. The standard InChI is InChI=1S/C34H36F2N6O2/c1-3-21-7-5-8-22-13-25(43)14-26(29(21)22)30-27(16-35)31-28(17-38-30)32(41-12-10-37-24(4-2)19-41)40-33(39-31)44-20-34-9-6-11-42(34)18-23(36)15-34/h1,5,7-8,13-14,17,23-24,37,43H,4,6,9-12,15-16,18-20H2,2H3/t23-,24-,34+/m1/s1. The second kappa shape index (κ2) is 11.5. The molecule has 3 fully saturated rings. The molecule has 0 amide bonds. The summed E-state index contributed by atoms with van der Waals surface area (Å²) in [4.78, 5) is 18.8. The summed E-state index contributed by atoms with van der Waals surface area (Å²) in [5.41, 5.74) is 1.78. The van der Waals surface area contributed by atoms with Gasteiger partial charge in [0.1, 0.15) is 31.0 Å². The maximum Gasteiger partial charge on any atom is 0.319 e. The minimum atomic E-state index is -0.879. The van der Waals surface area contributed by atoms with Crippen molar-refractivity contribution in [2.75, 3.05) is 44.2 Å². The first-order valence-corrected chi connectivity index (χ1v) is 15.4. The summed E-state index contributed by atoms with van der Waals surface area (Å²) in [6.07, 6.45) is 9.89. The lowest BCUT2D eigenvalue weighted by Gasteiger charge is -2.35. The molecule has 0 spiro atoms. The second-order valence-electron chi connectivity index (χ2n) is 12.2. The number of nitrogens with zero attached hydrogens (tertiary/aromatic N) is 5. The number of rotatable bonds is 7. The molecule has 0 unspecified atom stereocenters. The molecule has 10 heteroatoms. The van der Waals surface area contributed by atoms with E-state index in [1.165, 1.54) is 0 Å². The second-order valence-corrected chi connectivity index (χ2v) is 12.2. The van der Waals surface area contributed by atoms with Crippen LogP contribution in [0.5, 0.6) is 11.8 Å². The normalized spacial score (nSPS) is 23.7. The molecule has 2 N–H and O–H groups in total. The van der Waals surface area contributed by atoms with Crippen LogP contribution in [0.3, 0.4) is 0 Å². The molecule has 2 aromatic carbocycles. The van der Waals surface area contributed by atoms with Gasteiger partial charge in [-0.1, -0.05) is 25.0 Å². The third-order valence-corrected chi connectivity index (χ3v) is 9.58. The summed E-state index contributed by atoms with van der Waals surface area (Å²) in [5.74, 6) is 3.38. The van der Waals surface area contributed by atoms with Crippen LogP contribution in [0.1, 0.15) is 43.7 Å². The van der Waals surface area contributed by atoms with E-state index in [0.29, 0.717) is 58.4 Å². The predicted octanol–water partition coefficient (Wildman–Crippen LogP) is 5.14. The van der Waals surface area contributed by atoms with Gasteiger partial charge in [-0.2, -0.15) is 9.97 Å². The zero-order valence-electron chi connectivity index (χ0n) is 24.8. The lowest BCUT2D eigenvalue weighted by molar-refractivity contribution is 0.107. The molecule has 3 aliphatic heterocycles. The largest absolute Gasteiger partial charge is 0.508 e. The molecule has 8 nitrogen and oxygen atoms in total. The molecule has 3 atom stereocenters. The van der Waals surface area contributed by atoms with E-state index in [1.54, 1.807) is 18.3 Å². The SMILES string of the molecule is C#Cc1cccc2cc(O)cc(-c3ncc4c(N5CCN[C@H](CC)C5)nc(OC[C@@]56CCCN5C[C@H](F)C6)nc4c3CF)c12. The van der Waals surface area contributed by atoms with Crippen molar-refractivity contribution in [2.45, 2.75) is 57.0 Å². The highest BCUT2D eigenvalue weighted by molar-refractivity contribution is 6.04. The predicted molar refractivity (Wildman–Crippen MR) is 168 cm³/mol. The maximum absolute atomic E-state index is 15.2. The molecule has 3 aliphatic rings. The molecule has 5 heterocycles. The van der Waals surface area contributed by atoms with Crippen molar-refractivity contribution < 1.29 is 18.6 Å². The van der Waals surface area contributed by atoms with Crippen molar-refractivity contribution in [3.05, 3.63) is 47.7 Å². The third-order valence-electron chi connectivity index (χ3n) is 9.58. The van der Waals surface area contributed by atoms with E-state index < -0.39 is 12.8 Å². The van der Waals surface area contributed by atoms with E-state index in [2.05, 4.69) is 28.0 Å². The summed E-state index contributed by atoms with van der Waals surface area (Å²) < 4.78 is 36.0. The van der Waals surface area contributed by atoms with Gasteiger partial charge in [0.25, 0.3) is 0 Å². The molecule has 0 bridgehead atoms. The van der Waals surface area contributed by atoms with E-state index in [1.807, 2.05) is 18.2 Å². The number of pyridine rings is 1. The van der Waals surface area contributed by atoms with Crippen LogP contribution in [0.25, 0.3) is 32.9 Å². The number of fused-ring (bicyclic) bond motifs is 3. The van der Waals surface area contributed by atoms with Gasteiger partial charge in [-0.15, -0.1) is 6.42 Å². The number of ether oxygens (including phenoxy) is 1. The Morgan fingerprint density at radius 2 is 2.11 bits per heavy atom. The molecule has 0 aliphatic carbocycles. The summed E-state index contributed by atoms with van der Waals surface area (Å²) in [6, 6.07) is 9.11. The molecule has 4 aromatic rings. The van der Waals surface area contributed by atoms with Crippen LogP contribution in [-0.4, -0.2) is 82.0 Å². The van der Waals surface area contributed by atoms with Crippen LogP contribution in [0, 0.1) is 12.3 Å². The van der Waals surface area contributed by atoms with Gasteiger partial charge in [0.2, 0.25) is 0 Å². The van der Waals surface area contributed by atoms with Crippen LogP contribution in [-0.2, 0) is 6.67 Å². The number of phenols is 1. The van der Waals surface area contributed by atoms with Gasteiger partial charge in [-0.25, -0.2) is 8.78 Å². The van der Waals surface area contributed by atoms with Gasteiger partial charge in [0, 0.05) is 66.9 Å². The fraction of sp³-hybridized carbons (Fsp3) is 0.441. The van der Waals surface area contributed by atoms with E-state index in [9.17, 15) is 9.50 Å². The zero-order valence-corrected chi connectivity index (χ0v) is 24.8. The fourth-order valence-corrected chi connectivity index (χ4v) is 7.43. The highest BCUT2D eigenvalue weighted by Gasteiger charge is 2.49. The summed E-state index contributed by atoms with van der Waals surface area (Å²) >= 11 is 0. The molecule has 44 heavy (non-hydrogen) atoms. The molecule has 228 valence electrons. The number of terminal acetylenes is 1. The van der Waals surface area contributed by atoms with Gasteiger partial charge in [-0.05, 0) is 49.4 Å². The van der Waals surface area contributed by atoms with E-state index >= 15 is 4.39 Å². The number of halogens is 2. The van der Waals surface area contributed by atoms with Crippen molar-refractivity contribution in [1.82, 2.24) is 25.2 Å². The molecule has 7 rings (SSSR count). The Labute approximate surface area is 255 Å². The lowest BCUT2D eigenvalue weighted by Crippen LogP contribution is -2.50. The monoisotopic (exact) mass is 598 g/mol. The quantitative estimate of drug-likeness (QED) is 0.283. The van der Waals surface area contributed by atoms with E-state index in [0.717, 1.165) is 44.3 Å². The molecular formula is C34H36F2N6O2. The van der Waals surface area contributed by atoms with Crippen LogP contribution >= 0.6 is 0 Å². The summed E-state index contributed by atoms with van der Waals surface area (Å²) in [5, 5.41) is 16.2. The number of hydrogen-bond donors (Lipinski definition) is 2. The maximum atomic E-state index is 15.2. The van der Waals surface area contributed by atoms with Crippen molar-refractivity contribution in [2.24, 2.45) is 0 Å². The number of aromatic hydroxyl groups is 1. The zero-order chi connectivity index (χ0) is 30.4.